The van der Waals surface area contributed by atoms with E-state index in [9.17, 15) is 14.4 Å². The molecule has 24 heavy (non-hydrogen) atoms. The highest BCUT2D eigenvalue weighted by atomic mass is 16.2. The molecule has 5 nitrogen and oxygen atoms in total. The molecule has 0 spiro atoms. The normalized spacial score (nSPS) is 43.7. The summed E-state index contributed by atoms with van der Waals surface area (Å²) >= 11 is 0. The third kappa shape index (κ3) is 1.78. The van der Waals surface area contributed by atoms with Crippen LogP contribution in [-0.4, -0.2) is 46.7 Å². The fraction of sp³-hybridized carbons (Fsp3) is 0.737. The zero-order valence-corrected chi connectivity index (χ0v) is 14.1. The predicted octanol–water partition coefficient (Wildman–Crippen LogP) is 1.44. The Labute approximate surface area is 142 Å². The summed E-state index contributed by atoms with van der Waals surface area (Å²) in [5.41, 5.74) is 0. The van der Waals surface area contributed by atoms with E-state index >= 15 is 0 Å². The summed E-state index contributed by atoms with van der Waals surface area (Å²) in [6, 6.07) is -0.649. The molecule has 0 aromatic heterocycles. The first-order chi connectivity index (χ1) is 11.6. The Kier molecular flexibility index (Phi) is 3.01. The number of nitrogens with zero attached hydrogens (tertiary/aromatic N) is 2. The molecule has 0 unspecified atom stereocenters. The topological polar surface area (TPSA) is 57.7 Å². The highest BCUT2D eigenvalue weighted by molar-refractivity contribution is 6.09. The maximum absolute atomic E-state index is 13.0. The Hall–Kier alpha value is -1.65. The van der Waals surface area contributed by atoms with Crippen LogP contribution in [-0.2, 0) is 14.4 Å². The molecule has 0 aromatic rings. The lowest BCUT2D eigenvalue weighted by Crippen LogP contribution is -2.51. The van der Waals surface area contributed by atoms with Gasteiger partial charge in [0.15, 0.2) is 0 Å². The molecule has 4 fully saturated rings. The van der Waals surface area contributed by atoms with Gasteiger partial charge in [-0.3, -0.25) is 19.3 Å². The van der Waals surface area contributed by atoms with Crippen LogP contribution in [0.15, 0.2) is 12.2 Å². The Bertz CT molecular complexity index is 615. The van der Waals surface area contributed by atoms with Gasteiger partial charge in [0.25, 0.3) is 0 Å². The quantitative estimate of drug-likeness (QED) is 0.569. The highest BCUT2D eigenvalue weighted by Gasteiger charge is 2.67. The van der Waals surface area contributed by atoms with E-state index in [0.29, 0.717) is 11.8 Å². The van der Waals surface area contributed by atoms with E-state index in [1.165, 1.54) is 4.90 Å². The number of likely N-dealkylation sites (tertiary alicyclic amines) is 2. The van der Waals surface area contributed by atoms with Crippen molar-refractivity contribution < 1.29 is 14.4 Å². The van der Waals surface area contributed by atoms with Crippen LogP contribution in [0, 0.1) is 35.5 Å². The monoisotopic (exact) mass is 328 g/mol. The second-order valence-corrected chi connectivity index (χ2v) is 8.26. The van der Waals surface area contributed by atoms with E-state index in [-0.39, 0.29) is 41.4 Å². The molecule has 5 heteroatoms. The maximum Gasteiger partial charge on any atom is 0.245 e. The lowest BCUT2D eigenvalue weighted by Gasteiger charge is -2.37. The summed E-state index contributed by atoms with van der Waals surface area (Å²) in [5, 5.41) is 0. The van der Waals surface area contributed by atoms with Crippen LogP contribution in [0.2, 0.25) is 0 Å². The second kappa shape index (κ2) is 4.93. The van der Waals surface area contributed by atoms with Crippen molar-refractivity contribution in [3.05, 3.63) is 12.2 Å². The minimum absolute atomic E-state index is 0.0551. The standard InChI is InChI=1S/C19H24N2O3/c1-10(17(22)20-7-3-2-4-8-20)21-18(23)15-11-5-6-12(14-9-13(11)14)16(15)19(21)24/h5-6,10-16H,2-4,7-9H2,1H3/t10-,11+,12+,13+,14+,15-,16-/m0/s1. The van der Waals surface area contributed by atoms with Crippen LogP contribution < -0.4 is 0 Å². The molecule has 3 amide bonds. The van der Waals surface area contributed by atoms with Gasteiger partial charge < -0.3 is 4.90 Å². The van der Waals surface area contributed by atoms with Crippen molar-refractivity contribution in [2.24, 2.45) is 35.5 Å². The van der Waals surface area contributed by atoms with E-state index in [0.717, 1.165) is 38.8 Å². The molecule has 2 saturated carbocycles. The summed E-state index contributed by atoms with van der Waals surface area (Å²) in [5.74, 6) is 1.02. The molecule has 0 radical (unpaired) electrons. The number of piperidine rings is 1. The second-order valence-electron chi connectivity index (χ2n) is 8.26. The van der Waals surface area contributed by atoms with Gasteiger partial charge in [0.2, 0.25) is 17.7 Å². The lowest BCUT2D eigenvalue weighted by molar-refractivity contribution is -0.151. The first-order valence-electron chi connectivity index (χ1n) is 9.43. The SMILES string of the molecule is C[C@@H](C(=O)N1CCCCC1)N1C(=O)[C@H]2[C@@H]3C=C[C@H]([C@H]4C[C@H]34)[C@@H]2C1=O. The van der Waals surface area contributed by atoms with Crippen molar-refractivity contribution in [1.82, 2.24) is 9.80 Å². The van der Waals surface area contributed by atoms with Gasteiger partial charge >= 0.3 is 0 Å². The number of rotatable bonds is 2. The van der Waals surface area contributed by atoms with Crippen molar-refractivity contribution in [2.45, 2.75) is 38.6 Å². The summed E-state index contributed by atoms with van der Waals surface area (Å²) in [6.07, 6.45) is 8.70. The minimum atomic E-state index is -0.649. The van der Waals surface area contributed by atoms with E-state index in [1.807, 2.05) is 4.90 Å². The van der Waals surface area contributed by atoms with Gasteiger partial charge in [0.1, 0.15) is 6.04 Å². The Morgan fingerprint density at radius 2 is 1.54 bits per heavy atom. The molecule has 2 bridgehead atoms. The van der Waals surface area contributed by atoms with Crippen molar-refractivity contribution in [3.63, 3.8) is 0 Å². The average Bonchev–Trinajstić information content (AvgIpc) is 3.39. The summed E-state index contributed by atoms with van der Waals surface area (Å²) < 4.78 is 0. The van der Waals surface area contributed by atoms with Crippen LogP contribution in [0.4, 0.5) is 0 Å². The van der Waals surface area contributed by atoms with Crippen LogP contribution in [0.25, 0.3) is 0 Å². The number of allylic oxidation sites excluding steroid dienone is 2. The van der Waals surface area contributed by atoms with Crippen LogP contribution in [0.3, 0.4) is 0 Å². The van der Waals surface area contributed by atoms with Crippen LogP contribution in [0.1, 0.15) is 32.6 Å². The van der Waals surface area contributed by atoms with Crippen molar-refractivity contribution in [1.29, 1.82) is 0 Å². The largest absolute Gasteiger partial charge is 0.341 e. The molecule has 7 atom stereocenters. The van der Waals surface area contributed by atoms with Gasteiger partial charge in [0, 0.05) is 13.1 Å². The van der Waals surface area contributed by atoms with E-state index < -0.39 is 6.04 Å². The third-order valence-electron chi connectivity index (χ3n) is 7.11. The molecule has 0 aromatic carbocycles. The molecule has 2 heterocycles. The van der Waals surface area contributed by atoms with Gasteiger partial charge in [-0.25, -0.2) is 0 Å². The molecule has 6 rings (SSSR count). The predicted molar refractivity (Wildman–Crippen MR) is 86.4 cm³/mol. The number of hydrogen-bond donors (Lipinski definition) is 0. The number of carbonyl (C=O) groups excluding carboxylic acids is 3. The van der Waals surface area contributed by atoms with Crippen molar-refractivity contribution >= 4 is 17.7 Å². The van der Waals surface area contributed by atoms with E-state index in [1.54, 1.807) is 6.92 Å². The summed E-state index contributed by atoms with van der Waals surface area (Å²) in [4.78, 5) is 42.0. The zero-order valence-electron chi connectivity index (χ0n) is 14.1. The van der Waals surface area contributed by atoms with E-state index in [2.05, 4.69) is 12.2 Å². The average molecular weight is 328 g/mol. The van der Waals surface area contributed by atoms with Gasteiger partial charge in [-0.1, -0.05) is 12.2 Å². The smallest absolute Gasteiger partial charge is 0.245 e. The molecular formula is C19H24N2O3. The van der Waals surface area contributed by atoms with Crippen molar-refractivity contribution in [2.75, 3.05) is 13.1 Å². The first kappa shape index (κ1) is 14.7. The summed E-state index contributed by atoms with van der Waals surface area (Å²) in [6.45, 7) is 3.24. The molecule has 0 N–H and O–H groups in total. The third-order valence-corrected chi connectivity index (χ3v) is 7.11. The Balaban J connectivity index is 1.40. The molecule has 6 aliphatic rings. The molecule has 2 aliphatic heterocycles. The first-order valence-corrected chi connectivity index (χ1v) is 9.43. The fourth-order valence-corrected chi connectivity index (χ4v) is 5.85. The number of amides is 3. The fourth-order valence-electron chi connectivity index (χ4n) is 5.85. The van der Waals surface area contributed by atoms with Crippen LogP contribution >= 0.6 is 0 Å². The Morgan fingerprint density at radius 3 is 2.08 bits per heavy atom. The van der Waals surface area contributed by atoms with Gasteiger partial charge in [-0.05, 0) is 56.3 Å². The lowest BCUT2D eigenvalue weighted by atomic mass is 9.63. The zero-order chi connectivity index (χ0) is 16.6. The van der Waals surface area contributed by atoms with Gasteiger partial charge in [-0.2, -0.15) is 0 Å². The van der Waals surface area contributed by atoms with Gasteiger partial charge in [0.05, 0.1) is 11.8 Å². The minimum Gasteiger partial charge on any atom is -0.341 e. The molecule has 128 valence electrons. The molecule has 4 aliphatic carbocycles. The highest BCUT2D eigenvalue weighted by Crippen LogP contribution is 2.65. The molecular weight excluding hydrogens is 304 g/mol. The van der Waals surface area contributed by atoms with E-state index in [4.69, 9.17) is 0 Å². The van der Waals surface area contributed by atoms with Crippen LogP contribution in [0.5, 0.6) is 0 Å². The number of imide groups is 1. The van der Waals surface area contributed by atoms with Crippen molar-refractivity contribution in [3.8, 4) is 0 Å². The molecule has 2 saturated heterocycles. The number of hydrogen-bond acceptors (Lipinski definition) is 3. The Morgan fingerprint density at radius 1 is 1.00 bits per heavy atom. The summed E-state index contributed by atoms with van der Waals surface area (Å²) in [7, 11) is 0. The number of carbonyl (C=O) groups is 3. The maximum atomic E-state index is 13.0. The van der Waals surface area contributed by atoms with Gasteiger partial charge in [-0.15, -0.1) is 0 Å².